The molecule has 20 heavy (non-hydrogen) atoms. The van der Waals surface area contributed by atoms with Crippen LogP contribution < -0.4 is 0 Å². The molecule has 4 nitrogen and oxygen atoms in total. The minimum atomic E-state index is 0.157. The molecule has 2 aliphatic rings. The molecule has 0 aromatic heterocycles. The fraction of sp³-hybridized carbons (Fsp3) is 0.938. The summed E-state index contributed by atoms with van der Waals surface area (Å²) in [6.07, 6.45) is 11.0. The first-order valence-electron chi connectivity index (χ1n) is 8.44. The van der Waals surface area contributed by atoms with E-state index in [0.29, 0.717) is 19.1 Å². The largest absolute Gasteiger partial charge is 0.395 e. The van der Waals surface area contributed by atoms with E-state index in [4.69, 9.17) is 0 Å². The predicted octanol–water partition coefficient (Wildman–Crippen LogP) is 2.02. The molecule has 1 aliphatic heterocycles. The molecule has 1 saturated heterocycles. The molecule has 1 aliphatic carbocycles. The third-order valence-corrected chi connectivity index (χ3v) is 4.78. The summed E-state index contributed by atoms with van der Waals surface area (Å²) in [6.45, 7) is 3.16. The van der Waals surface area contributed by atoms with Crippen LogP contribution in [0, 0.1) is 0 Å². The highest BCUT2D eigenvalue weighted by Gasteiger charge is 2.25. The second-order valence-corrected chi connectivity index (χ2v) is 6.28. The molecule has 1 amide bonds. The summed E-state index contributed by atoms with van der Waals surface area (Å²) >= 11 is 0. The first kappa shape index (κ1) is 15.8. The minimum Gasteiger partial charge on any atom is -0.395 e. The van der Waals surface area contributed by atoms with Gasteiger partial charge >= 0.3 is 0 Å². The molecule has 1 saturated carbocycles. The van der Waals surface area contributed by atoms with Crippen molar-refractivity contribution >= 4 is 5.91 Å². The third-order valence-electron chi connectivity index (χ3n) is 4.78. The van der Waals surface area contributed by atoms with E-state index >= 15 is 0 Å². The summed E-state index contributed by atoms with van der Waals surface area (Å²) in [5, 5.41) is 9.27. The molecule has 0 atom stereocenters. The van der Waals surface area contributed by atoms with Crippen molar-refractivity contribution < 1.29 is 9.90 Å². The van der Waals surface area contributed by atoms with E-state index in [1.165, 1.54) is 44.9 Å². The van der Waals surface area contributed by atoms with E-state index in [-0.39, 0.29) is 12.5 Å². The van der Waals surface area contributed by atoms with Gasteiger partial charge < -0.3 is 10.0 Å². The van der Waals surface area contributed by atoms with Gasteiger partial charge in [-0.15, -0.1) is 0 Å². The van der Waals surface area contributed by atoms with Gasteiger partial charge in [-0.3, -0.25) is 9.69 Å². The Balaban J connectivity index is 1.86. The predicted molar refractivity (Wildman–Crippen MR) is 80.6 cm³/mol. The Hall–Kier alpha value is -0.610. The van der Waals surface area contributed by atoms with Gasteiger partial charge in [0.1, 0.15) is 0 Å². The van der Waals surface area contributed by atoms with Crippen LogP contribution in [0.3, 0.4) is 0 Å². The molecule has 116 valence electrons. The molecule has 1 N–H and O–H groups in total. The summed E-state index contributed by atoms with van der Waals surface area (Å²) in [5.41, 5.74) is 0. The number of aliphatic hydroxyl groups excluding tert-OH is 1. The molecular formula is C16H30N2O2. The second kappa shape index (κ2) is 8.63. The van der Waals surface area contributed by atoms with Crippen LogP contribution in [-0.2, 0) is 4.79 Å². The smallest absolute Gasteiger partial charge is 0.236 e. The van der Waals surface area contributed by atoms with Crippen molar-refractivity contribution in [3.63, 3.8) is 0 Å². The van der Waals surface area contributed by atoms with Gasteiger partial charge in [0.05, 0.1) is 13.2 Å². The van der Waals surface area contributed by atoms with Crippen LogP contribution in [0.15, 0.2) is 0 Å². The molecule has 0 aromatic rings. The molecule has 0 aromatic carbocycles. The van der Waals surface area contributed by atoms with Gasteiger partial charge in [-0.05, 0) is 25.7 Å². The Labute approximate surface area is 123 Å². The normalized spacial score (nSPS) is 22.0. The molecular weight excluding hydrogens is 252 g/mol. The number of aliphatic hydroxyl groups is 1. The van der Waals surface area contributed by atoms with E-state index in [0.717, 1.165) is 25.9 Å². The lowest BCUT2D eigenvalue weighted by molar-refractivity contribution is -0.133. The summed E-state index contributed by atoms with van der Waals surface area (Å²) < 4.78 is 0. The van der Waals surface area contributed by atoms with Crippen LogP contribution in [0.2, 0.25) is 0 Å². The number of rotatable bonds is 5. The monoisotopic (exact) mass is 282 g/mol. The van der Waals surface area contributed by atoms with Crippen molar-refractivity contribution in [2.75, 3.05) is 32.8 Å². The lowest BCUT2D eigenvalue weighted by Crippen LogP contribution is -2.46. The average molecular weight is 282 g/mol. The van der Waals surface area contributed by atoms with Crippen LogP contribution >= 0.6 is 0 Å². The molecule has 2 fully saturated rings. The maximum Gasteiger partial charge on any atom is 0.236 e. The molecule has 4 heteroatoms. The number of carbonyl (C=O) groups is 1. The maximum atomic E-state index is 12.5. The van der Waals surface area contributed by atoms with Crippen molar-refractivity contribution in [1.29, 1.82) is 0 Å². The third kappa shape index (κ3) is 4.74. The number of hydrogen-bond donors (Lipinski definition) is 1. The Bertz CT molecular complexity index is 282. The van der Waals surface area contributed by atoms with Gasteiger partial charge in [0, 0.05) is 25.7 Å². The highest BCUT2D eigenvalue weighted by atomic mass is 16.3. The standard InChI is InChI=1S/C16H30N2O2/c19-13-12-18(15-8-4-3-5-9-15)14-16(20)17-10-6-1-2-7-11-17/h15,19H,1-14H2. The van der Waals surface area contributed by atoms with Crippen LogP contribution in [0.5, 0.6) is 0 Å². The number of carbonyl (C=O) groups excluding carboxylic acids is 1. The van der Waals surface area contributed by atoms with Gasteiger partial charge in [0.2, 0.25) is 5.91 Å². The number of amides is 1. The zero-order chi connectivity index (χ0) is 14.2. The molecule has 0 spiro atoms. The summed E-state index contributed by atoms with van der Waals surface area (Å²) in [4.78, 5) is 16.8. The van der Waals surface area contributed by atoms with Crippen molar-refractivity contribution in [2.45, 2.75) is 63.8 Å². The number of hydrogen-bond acceptors (Lipinski definition) is 3. The highest BCUT2D eigenvalue weighted by molar-refractivity contribution is 5.78. The molecule has 1 heterocycles. The topological polar surface area (TPSA) is 43.8 Å². The fourth-order valence-corrected chi connectivity index (χ4v) is 3.56. The van der Waals surface area contributed by atoms with Gasteiger partial charge in [-0.1, -0.05) is 32.1 Å². The molecule has 0 bridgehead atoms. The average Bonchev–Trinajstić information content (AvgIpc) is 2.77. The molecule has 0 unspecified atom stereocenters. The van der Waals surface area contributed by atoms with E-state index < -0.39 is 0 Å². The van der Waals surface area contributed by atoms with Gasteiger partial charge in [0.15, 0.2) is 0 Å². The maximum absolute atomic E-state index is 12.5. The first-order chi connectivity index (χ1) is 9.81. The van der Waals surface area contributed by atoms with E-state index in [1.807, 2.05) is 4.90 Å². The second-order valence-electron chi connectivity index (χ2n) is 6.28. The van der Waals surface area contributed by atoms with Crippen molar-refractivity contribution in [1.82, 2.24) is 9.80 Å². The Morgan fingerprint density at radius 1 is 1.00 bits per heavy atom. The molecule has 2 rings (SSSR count). The van der Waals surface area contributed by atoms with Crippen LogP contribution in [-0.4, -0.2) is 59.6 Å². The summed E-state index contributed by atoms with van der Waals surface area (Å²) in [6, 6.07) is 0.506. The van der Waals surface area contributed by atoms with Gasteiger partial charge in [0.25, 0.3) is 0 Å². The van der Waals surface area contributed by atoms with E-state index in [9.17, 15) is 9.90 Å². The van der Waals surface area contributed by atoms with Crippen LogP contribution in [0.1, 0.15) is 57.8 Å². The Kier molecular flexibility index (Phi) is 6.80. The Morgan fingerprint density at radius 3 is 2.20 bits per heavy atom. The van der Waals surface area contributed by atoms with Crippen molar-refractivity contribution in [3.05, 3.63) is 0 Å². The quantitative estimate of drug-likeness (QED) is 0.839. The zero-order valence-corrected chi connectivity index (χ0v) is 12.7. The van der Waals surface area contributed by atoms with Crippen LogP contribution in [0.4, 0.5) is 0 Å². The summed E-state index contributed by atoms with van der Waals surface area (Å²) in [5.74, 6) is 0.269. The summed E-state index contributed by atoms with van der Waals surface area (Å²) in [7, 11) is 0. The van der Waals surface area contributed by atoms with Crippen LogP contribution in [0.25, 0.3) is 0 Å². The van der Waals surface area contributed by atoms with E-state index in [1.54, 1.807) is 0 Å². The minimum absolute atomic E-state index is 0.157. The number of nitrogens with zero attached hydrogens (tertiary/aromatic N) is 2. The number of likely N-dealkylation sites (tertiary alicyclic amines) is 1. The molecule has 0 radical (unpaired) electrons. The van der Waals surface area contributed by atoms with Gasteiger partial charge in [-0.2, -0.15) is 0 Å². The lowest BCUT2D eigenvalue weighted by Gasteiger charge is -2.34. The lowest BCUT2D eigenvalue weighted by atomic mass is 9.94. The van der Waals surface area contributed by atoms with Crippen molar-refractivity contribution in [2.24, 2.45) is 0 Å². The van der Waals surface area contributed by atoms with Gasteiger partial charge in [-0.25, -0.2) is 0 Å². The zero-order valence-electron chi connectivity index (χ0n) is 12.7. The SMILES string of the molecule is O=C(CN(CCO)C1CCCCC1)N1CCCCCC1. The fourth-order valence-electron chi connectivity index (χ4n) is 3.56. The van der Waals surface area contributed by atoms with E-state index in [2.05, 4.69) is 4.90 Å². The highest BCUT2D eigenvalue weighted by Crippen LogP contribution is 2.22. The van der Waals surface area contributed by atoms with Crippen molar-refractivity contribution in [3.8, 4) is 0 Å². The first-order valence-corrected chi connectivity index (χ1v) is 8.44. The Morgan fingerprint density at radius 2 is 1.60 bits per heavy atom.